The second-order valence-corrected chi connectivity index (χ2v) is 6.83. The van der Waals surface area contributed by atoms with Gasteiger partial charge in [-0.05, 0) is 56.2 Å². The highest BCUT2D eigenvalue weighted by Gasteiger charge is 2.16. The van der Waals surface area contributed by atoms with Gasteiger partial charge in [0.25, 0.3) is 0 Å². The molecule has 4 heterocycles. The smallest absolute Gasteiger partial charge is 0.230 e. The number of furan rings is 1. The van der Waals surface area contributed by atoms with E-state index in [-0.39, 0.29) is 0 Å². The quantitative estimate of drug-likeness (QED) is 0.434. The van der Waals surface area contributed by atoms with Crippen molar-refractivity contribution in [2.45, 2.75) is 20.8 Å². The molecule has 0 aliphatic rings. The number of hydrogen-bond acceptors (Lipinski definition) is 5. The molecular formula is C22H18N4O2. The van der Waals surface area contributed by atoms with Crippen molar-refractivity contribution >= 4 is 16.6 Å². The highest BCUT2D eigenvalue weighted by atomic mass is 16.5. The van der Waals surface area contributed by atoms with Gasteiger partial charge in [-0.2, -0.15) is 0 Å². The summed E-state index contributed by atoms with van der Waals surface area (Å²) < 4.78 is 13.6. The molecule has 0 radical (unpaired) electrons. The standard InChI is InChI=1S/C22H18N4O2/c1-13-10-16(28-22-17-5-9-27-18(17)4-6-24-22)11-14(2)20(13)21-15(3)25-12-19-23-7-8-26(19)21/h4-12H,1-3H3. The highest BCUT2D eigenvalue weighted by Crippen LogP contribution is 2.35. The number of ether oxygens (including phenoxy) is 1. The van der Waals surface area contributed by atoms with Gasteiger partial charge in [-0.3, -0.25) is 9.38 Å². The topological polar surface area (TPSA) is 65.5 Å². The van der Waals surface area contributed by atoms with Crippen LogP contribution in [0.4, 0.5) is 0 Å². The Morgan fingerprint density at radius 3 is 2.61 bits per heavy atom. The molecule has 6 heteroatoms. The van der Waals surface area contributed by atoms with Crippen LogP contribution in [0.15, 0.2) is 59.7 Å². The molecule has 5 rings (SSSR count). The van der Waals surface area contributed by atoms with Gasteiger partial charge in [0.05, 0.1) is 29.2 Å². The predicted octanol–water partition coefficient (Wildman–Crippen LogP) is 5.26. The van der Waals surface area contributed by atoms with Crippen molar-refractivity contribution in [1.29, 1.82) is 0 Å². The Hall–Kier alpha value is -3.67. The lowest BCUT2D eigenvalue weighted by Crippen LogP contribution is -2.01. The summed E-state index contributed by atoms with van der Waals surface area (Å²) in [7, 11) is 0. The second kappa shape index (κ2) is 6.20. The van der Waals surface area contributed by atoms with E-state index < -0.39 is 0 Å². The molecule has 138 valence electrons. The molecule has 0 saturated carbocycles. The molecular weight excluding hydrogens is 352 g/mol. The van der Waals surface area contributed by atoms with E-state index in [0.717, 1.165) is 50.4 Å². The molecule has 0 atom stereocenters. The van der Waals surface area contributed by atoms with Crippen LogP contribution in [0.2, 0.25) is 0 Å². The Balaban J connectivity index is 1.62. The van der Waals surface area contributed by atoms with E-state index in [1.807, 2.05) is 37.4 Å². The molecule has 28 heavy (non-hydrogen) atoms. The zero-order chi connectivity index (χ0) is 19.3. The summed E-state index contributed by atoms with van der Waals surface area (Å²) in [5.41, 5.74) is 6.91. The van der Waals surface area contributed by atoms with Gasteiger partial charge in [0.15, 0.2) is 5.65 Å². The number of aromatic nitrogens is 4. The van der Waals surface area contributed by atoms with Crippen molar-refractivity contribution < 1.29 is 9.15 Å². The van der Waals surface area contributed by atoms with E-state index in [9.17, 15) is 0 Å². The van der Waals surface area contributed by atoms with Gasteiger partial charge in [-0.15, -0.1) is 0 Å². The summed E-state index contributed by atoms with van der Waals surface area (Å²) >= 11 is 0. The zero-order valence-electron chi connectivity index (χ0n) is 15.8. The normalized spacial score (nSPS) is 11.4. The van der Waals surface area contributed by atoms with E-state index in [2.05, 4.69) is 33.2 Å². The molecule has 0 saturated heterocycles. The van der Waals surface area contributed by atoms with Crippen molar-refractivity contribution in [2.75, 3.05) is 0 Å². The number of hydrogen-bond donors (Lipinski definition) is 0. The number of rotatable bonds is 3. The lowest BCUT2D eigenvalue weighted by atomic mass is 9.98. The summed E-state index contributed by atoms with van der Waals surface area (Å²) in [5, 5.41) is 0.852. The van der Waals surface area contributed by atoms with Gasteiger partial charge in [-0.25, -0.2) is 9.97 Å². The fourth-order valence-electron chi connectivity index (χ4n) is 3.71. The summed E-state index contributed by atoms with van der Waals surface area (Å²) in [4.78, 5) is 13.2. The van der Waals surface area contributed by atoms with Crippen LogP contribution in [0.25, 0.3) is 27.9 Å². The first-order valence-corrected chi connectivity index (χ1v) is 9.02. The van der Waals surface area contributed by atoms with Crippen molar-refractivity contribution in [3.8, 4) is 22.9 Å². The molecule has 0 unspecified atom stereocenters. The van der Waals surface area contributed by atoms with E-state index >= 15 is 0 Å². The fraction of sp³-hybridized carbons (Fsp3) is 0.136. The summed E-state index contributed by atoms with van der Waals surface area (Å²) in [6.45, 7) is 6.17. The van der Waals surface area contributed by atoms with Crippen LogP contribution in [0.5, 0.6) is 11.6 Å². The molecule has 0 spiro atoms. The number of imidazole rings is 1. The van der Waals surface area contributed by atoms with Gasteiger partial charge in [0.1, 0.15) is 11.3 Å². The maximum Gasteiger partial charge on any atom is 0.230 e. The maximum absolute atomic E-state index is 6.10. The Labute approximate surface area is 161 Å². The Bertz CT molecular complexity index is 1310. The molecule has 0 bridgehead atoms. The SMILES string of the molecule is Cc1cc(Oc2nccc3occc23)cc(C)c1-c1c(C)ncc2nccn12. The van der Waals surface area contributed by atoms with E-state index in [1.54, 1.807) is 24.9 Å². The summed E-state index contributed by atoms with van der Waals surface area (Å²) in [5.74, 6) is 1.27. The maximum atomic E-state index is 6.10. The van der Waals surface area contributed by atoms with Crippen molar-refractivity contribution in [2.24, 2.45) is 0 Å². The summed E-state index contributed by atoms with van der Waals surface area (Å²) in [6.07, 6.45) is 8.87. The second-order valence-electron chi connectivity index (χ2n) is 6.83. The van der Waals surface area contributed by atoms with Crippen LogP contribution in [-0.4, -0.2) is 19.4 Å². The number of pyridine rings is 1. The minimum Gasteiger partial charge on any atom is -0.464 e. The molecule has 0 aliphatic heterocycles. The molecule has 6 nitrogen and oxygen atoms in total. The molecule has 0 aliphatic carbocycles. The number of benzene rings is 1. The number of nitrogens with zero attached hydrogens (tertiary/aromatic N) is 4. The molecule has 0 amide bonds. The third-order valence-corrected chi connectivity index (χ3v) is 4.93. The minimum atomic E-state index is 0.535. The largest absolute Gasteiger partial charge is 0.464 e. The molecule has 0 N–H and O–H groups in total. The summed E-state index contributed by atoms with van der Waals surface area (Å²) in [6, 6.07) is 7.74. The van der Waals surface area contributed by atoms with E-state index in [1.165, 1.54) is 0 Å². The third kappa shape index (κ3) is 2.53. The van der Waals surface area contributed by atoms with E-state index in [0.29, 0.717) is 5.88 Å². The first kappa shape index (κ1) is 16.5. The van der Waals surface area contributed by atoms with Crippen LogP contribution < -0.4 is 4.74 Å². The molecule has 5 aromatic rings. The predicted molar refractivity (Wildman–Crippen MR) is 107 cm³/mol. The minimum absolute atomic E-state index is 0.535. The first-order chi connectivity index (χ1) is 13.6. The van der Waals surface area contributed by atoms with Gasteiger partial charge in [-0.1, -0.05) is 0 Å². The lowest BCUT2D eigenvalue weighted by Gasteiger charge is -2.16. The van der Waals surface area contributed by atoms with Crippen LogP contribution in [0, 0.1) is 20.8 Å². The molecule has 1 aromatic carbocycles. The van der Waals surface area contributed by atoms with Gasteiger partial charge in [0, 0.05) is 24.2 Å². The Morgan fingerprint density at radius 1 is 0.964 bits per heavy atom. The van der Waals surface area contributed by atoms with Gasteiger partial charge in [0.2, 0.25) is 5.88 Å². The zero-order valence-corrected chi connectivity index (χ0v) is 15.8. The monoisotopic (exact) mass is 370 g/mol. The van der Waals surface area contributed by atoms with Crippen LogP contribution in [0.3, 0.4) is 0 Å². The third-order valence-electron chi connectivity index (χ3n) is 4.93. The van der Waals surface area contributed by atoms with Crippen LogP contribution in [-0.2, 0) is 0 Å². The van der Waals surface area contributed by atoms with Crippen molar-refractivity contribution in [1.82, 2.24) is 19.4 Å². The Morgan fingerprint density at radius 2 is 1.79 bits per heavy atom. The average Bonchev–Trinajstić information content (AvgIpc) is 3.32. The molecule has 0 fully saturated rings. The van der Waals surface area contributed by atoms with Gasteiger partial charge >= 0.3 is 0 Å². The van der Waals surface area contributed by atoms with E-state index in [4.69, 9.17) is 9.15 Å². The number of fused-ring (bicyclic) bond motifs is 2. The van der Waals surface area contributed by atoms with Crippen LogP contribution >= 0.6 is 0 Å². The average molecular weight is 370 g/mol. The highest BCUT2D eigenvalue weighted by molar-refractivity contribution is 5.82. The van der Waals surface area contributed by atoms with Crippen molar-refractivity contribution in [3.63, 3.8) is 0 Å². The van der Waals surface area contributed by atoms with Gasteiger partial charge < -0.3 is 9.15 Å². The first-order valence-electron chi connectivity index (χ1n) is 9.02. The van der Waals surface area contributed by atoms with Crippen molar-refractivity contribution in [3.05, 3.63) is 72.1 Å². The molecule has 4 aromatic heterocycles. The number of aryl methyl sites for hydroxylation is 3. The Kier molecular flexibility index (Phi) is 3.65. The fourth-order valence-corrected chi connectivity index (χ4v) is 3.71. The van der Waals surface area contributed by atoms with Crippen LogP contribution in [0.1, 0.15) is 16.8 Å². The lowest BCUT2D eigenvalue weighted by molar-refractivity contribution is 0.468.